The molecule has 3 aromatic carbocycles. The minimum absolute atomic E-state index is 0.306. The van der Waals surface area contributed by atoms with E-state index in [4.69, 9.17) is 9.29 Å². The number of benzene rings is 3. The van der Waals surface area contributed by atoms with E-state index >= 15 is 0 Å². The van der Waals surface area contributed by atoms with E-state index in [1.165, 1.54) is 40.3 Å². The molecular weight excluding hydrogens is 422 g/mol. The minimum atomic E-state index is -3.67. The summed E-state index contributed by atoms with van der Waals surface area (Å²) in [5, 5.41) is 5.97. The molecule has 0 aliphatic rings. The SMILES string of the molecule is CCCCc1ccc(OCCC(NC)c2cccc(C)c2)c2ccccc12.CS(=O)(=O)O. The topological polar surface area (TPSA) is 75.6 Å². The van der Waals surface area contributed by atoms with Gasteiger partial charge in [0.05, 0.1) is 12.9 Å². The Morgan fingerprint density at radius 3 is 2.34 bits per heavy atom. The third-order valence-electron chi connectivity index (χ3n) is 5.23. The fourth-order valence-electron chi connectivity index (χ4n) is 3.70. The molecule has 3 aromatic rings. The molecule has 2 N–H and O–H groups in total. The molecule has 0 aromatic heterocycles. The van der Waals surface area contributed by atoms with Crippen LogP contribution in [0.5, 0.6) is 5.75 Å². The Labute approximate surface area is 192 Å². The van der Waals surface area contributed by atoms with Crippen molar-refractivity contribution in [3.63, 3.8) is 0 Å². The van der Waals surface area contributed by atoms with Crippen molar-refractivity contribution in [1.82, 2.24) is 5.32 Å². The highest BCUT2D eigenvalue weighted by Crippen LogP contribution is 2.30. The van der Waals surface area contributed by atoms with Crippen LogP contribution in [0, 0.1) is 6.92 Å². The highest BCUT2D eigenvalue weighted by molar-refractivity contribution is 7.85. The molecule has 0 aliphatic carbocycles. The molecule has 1 atom stereocenters. The molecule has 6 heteroatoms. The van der Waals surface area contributed by atoms with Gasteiger partial charge in [-0.3, -0.25) is 4.55 Å². The fraction of sp³-hybridized carbons (Fsp3) is 0.385. The number of hydrogen-bond acceptors (Lipinski definition) is 4. The second kappa shape index (κ2) is 12.6. The third-order valence-corrected chi connectivity index (χ3v) is 5.23. The normalized spacial score (nSPS) is 12.2. The van der Waals surface area contributed by atoms with Gasteiger partial charge in [0.1, 0.15) is 5.75 Å². The maximum absolute atomic E-state index is 9.19. The lowest BCUT2D eigenvalue weighted by atomic mass is 9.99. The average Bonchev–Trinajstić information content (AvgIpc) is 2.74. The third kappa shape index (κ3) is 8.61. The maximum atomic E-state index is 9.19. The zero-order valence-corrected chi connectivity index (χ0v) is 20.3. The fourth-order valence-corrected chi connectivity index (χ4v) is 3.70. The van der Waals surface area contributed by atoms with Gasteiger partial charge in [-0.2, -0.15) is 8.42 Å². The number of aryl methyl sites for hydroxylation is 2. The van der Waals surface area contributed by atoms with Crippen LogP contribution in [0.3, 0.4) is 0 Å². The molecule has 5 nitrogen and oxygen atoms in total. The van der Waals surface area contributed by atoms with Crippen molar-refractivity contribution in [3.05, 3.63) is 77.4 Å². The number of unbranched alkanes of at least 4 members (excludes halogenated alkanes) is 1. The first-order valence-corrected chi connectivity index (χ1v) is 12.9. The van der Waals surface area contributed by atoms with Gasteiger partial charge >= 0.3 is 0 Å². The Kier molecular flexibility index (Phi) is 10.2. The molecule has 0 aliphatic heterocycles. The molecular formula is C26H35NO4S. The summed E-state index contributed by atoms with van der Waals surface area (Å²) in [6, 6.07) is 22.0. The van der Waals surface area contributed by atoms with Gasteiger partial charge in [-0.1, -0.05) is 73.5 Å². The standard InChI is InChI=1S/C25H31NO.CH4O3S/c1-4-5-10-20-14-15-25(23-13-7-6-12-22(20)23)27-17-16-24(26-3)21-11-8-9-19(2)18-21;1-5(2,3)4/h6-9,11-15,18,24,26H,4-5,10,16-17H2,1-3H3;1H3,(H,2,3,4). The summed E-state index contributed by atoms with van der Waals surface area (Å²) in [5.74, 6) is 0.991. The largest absolute Gasteiger partial charge is 0.493 e. The Morgan fingerprint density at radius 1 is 1.03 bits per heavy atom. The van der Waals surface area contributed by atoms with Crippen LogP contribution in [0.15, 0.2) is 60.7 Å². The molecule has 0 saturated carbocycles. The molecule has 0 bridgehead atoms. The van der Waals surface area contributed by atoms with Crippen LogP contribution in [0.4, 0.5) is 0 Å². The van der Waals surface area contributed by atoms with E-state index < -0.39 is 10.1 Å². The minimum Gasteiger partial charge on any atom is -0.493 e. The van der Waals surface area contributed by atoms with E-state index in [2.05, 4.69) is 79.8 Å². The van der Waals surface area contributed by atoms with Crippen molar-refractivity contribution in [2.75, 3.05) is 19.9 Å². The predicted octanol–water partition coefficient (Wildman–Crippen LogP) is 5.72. The first kappa shape index (κ1) is 25.8. The number of fused-ring (bicyclic) bond motifs is 1. The van der Waals surface area contributed by atoms with Crippen LogP contribution in [0.2, 0.25) is 0 Å². The van der Waals surface area contributed by atoms with Gasteiger partial charge in [0, 0.05) is 17.8 Å². The van der Waals surface area contributed by atoms with Gasteiger partial charge in [-0.05, 0) is 49.4 Å². The van der Waals surface area contributed by atoms with E-state index in [9.17, 15) is 8.42 Å². The van der Waals surface area contributed by atoms with E-state index in [0.717, 1.165) is 18.6 Å². The summed E-state index contributed by atoms with van der Waals surface area (Å²) in [7, 11) is -1.65. The molecule has 0 saturated heterocycles. The zero-order chi connectivity index (χ0) is 23.6. The molecule has 32 heavy (non-hydrogen) atoms. The van der Waals surface area contributed by atoms with Crippen molar-refractivity contribution in [1.29, 1.82) is 0 Å². The van der Waals surface area contributed by atoms with Crippen LogP contribution < -0.4 is 10.1 Å². The first-order valence-electron chi connectivity index (χ1n) is 11.0. The van der Waals surface area contributed by atoms with Crippen molar-refractivity contribution in [3.8, 4) is 5.75 Å². The van der Waals surface area contributed by atoms with Gasteiger partial charge in [-0.15, -0.1) is 0 Å². The first-order chi connectivity index (χ1) is 15.2. The van der Waals surface area contributed by atoms with Crippen molar-refractivity contribution < 1.29 is 17.7 Å². The number of ether oxygens (including phenoxy) is 1. The van der Waals surface area contributed by atoms with Gasteiger partial charge in [0.25, 0.3) is 10.1 Å². The van der Waals surface area contributed by atoms with Gasteiger partial charge < -0.3 is 10.1 Å². The zero-order valence-electron chi connectivity index (χ0n) is 19.5. The maximum Gasteiger partial charge on any atom is 0.261 e. The Hall–Kier alpha value is -2.41. The molecule has 1 unspecified atom stereocenters. The molecule has 174 valence electrons. The summed E-state index contributed by atoms with van der Waals surface area (Å²) in [5.41, 5.74) is 4.04. The molecule has 3 rings (SSSR count). The number of rotatable bonds is 9. The average molecular weight is 458 g/mol. The summed E-state index contributed by atoms with van der Waals surface area (Å²) in [6.07, 6.45) is 5.23. The summed E-state index contributed by atoms with van der Waals surface area (Å²) < 4.78 is 32.1. The van der Waals surface area contributed by atoms with Gasteiger partial charge in [0.2, 0.25) is 0 Å². The van der Waals surface area contributed by atoms with Crippen LogP contribution >= 0.6 is 0 Å². The Morgan fingerprint density at radius 2 is 1.72 bits per heavy atom. The second-order valence-electron chi connectivity index (χ2n) is 8.00. The number of nitrogens with one attached hydrogen (secondary N) is 1. The van der Waals surface area contributed by atoms with E-state index in [1.54, 1.807) is 0 Å². The molecule has 0 radical (unpaired) electrons. The monoisotopic (exact) mass is 457 g/mol. The van der Waals surface area contributed by atoms with E-state index in [1.807, 2.05) is 7.05 Å². The quantitative estimate of drug-likeness (QED) is 0.402. The summed E-state index contributed by atoms with van der Waals surface area (Å²) >= 11 is 0. The second-order valence-corrected chi connectivity index (χ2v) is 9.46. The highest BCUT2D eigenvalue weighted by atomic mass is 32.2. The molecule has 0 heterocycles. The summed E-state index contributed by atoms with van der Waals surface area (Å²) in [4.78, 5) is 0. The van der Waals surface area contributed by atoms with E-state index in [-0.39, 0.29) is 0 Å². The van der Waals surface area contributed by atoms with Crippen LogP contribution in [0.1, 0.15) is 48.9 Å². The Balaban J connectivity index is 0.000000654. The van der Waals surface area contributed by atoms with Crippen LogP contribution in [-0.4, -0.2) is 32.9 Å². The highest BCUT2D eigenvalue weighted by Gasteiger charge is 2.11. The number of hydrogen-bond donors (Lipinski definition) is 2. The van der Waals surface area contributed by atoms with Crippen molar-refractivity contribution >= 4 is 20.9 Å². The van der Waals surface area contributed by atoms with Gasteiger partial charge in [-0.25, -0.2) is 0 Å². The van der Waals surface area contributed by atoms with Crippen LogP contribution in [0.25, 0.3) is 10.8 Å². The molecule has 0 fully saturated rings. The lowest BCUT2D eigenvalue weighted by molar-refractivity contribution is 0.293. The van der Waals surface area contributed by atoms with Crippen LogP contribution in [-0.2, 0) is 16.5 Å². The Bertz CT molecular complexity index is 1090. The van der Waals surface area contributed by atoms with E-state index in [0.29, 0.717) is 18.9 Å². The lowest BCUT2D eigenvalue weighted by Gasteiger charge is -2.18. The smallest absolute Gasteiger partial charge is 0.261 e. The van der Waals surface area contributed by atoms with Gasteiger partial charge in [0.15, 0.2) is 0 Å². The summed E-state index contributed by atoms with van der Waals surface area (Å²) in [6.45, 7) is 5.07. The molecule has 0 amide bonds. The van der Waals surface area contributed by atoms with Crippen molar-refractivity contribution in [2.45, 2.75) is 45.6 Å². The molecule has 0 spiro atoms. The van der Waals surface area contributed by atoms with Crippen molar-refractivity contribution in [2.24, 2.45) is 0 Å². The lowest BCUT2D eigenvalue weighted by Crippen LogP contribution is -2.19. The predicted molar refractivity (Wildman–Crippen MR) is 133 cm³/mol.